The van der Waals surface area contributed by atoms with E-state index in [0.717, 1.165) is 31.2 Å². The minimum absolute atomic E-state index is 0.0655. The average Bonchev–Trinajstić information content (AvgIpc) is 2.58. The first kappa shape index (κ1) is 18.9. The van der Waals surface area contributed by atoms with E-state index in [9.17, 15) is 13.2 Å². The minimum atomic E-state index is -3.45. The molecule has 1 N–H and O–H groups in total. The molecular weight excluding hydrogens is 324 g/mol. The van der Waals surface area contributed by atoms with Crippen molar-refractivity contribution in [3.8, 4) is 0 Å². The van der Waals surface area contributed by atoms with Crippen molar-refractivity contribution < 1.29 is 13.2 Å². The molecule has 0 bridgehead atoms. The first-order valence-electron chi connectivity index (χ1n) is 8.77. The number of rotatable bonds is 7. The fourth-order valence-corrected chi connectivity index (χ4v) is 4.93. The van der Waals surface area contributed by atoms with E-state index in [4.69, 9.17) is 0 Å². The number of aryl methyl sites for hydroxylation is 1. The monoisotopic (exact) mass is 352 g/mol. The van der Waals surface area contributed by atoms with Crippen molar-refractivity contribution in [1.82, 2.24) is 9.62 Å². The van der Waals surface area contributed by atoms with E-state index in [0.29, 0.717) is 31.0 Å². The molecule has 1 aromatic rings. The summed E-state index contributed by atoms with van der Waals surface area (Å²) in [6, 6.07) is 7.11. The summed E-state index contributed by atoms with van der Waals surface area (Å²) in [5, 5.41) is 2.88. The van der Waals surface area contributed by atoms with Crippen LogP contribution in [0.1, 0.15) is 44.6 Å². The molecule has 1 fully saturated rings. The number of carbonyl (C=O) groups excluding carboxylic acids is 1. The number of piperidine rings is 1. The number of nitrogens with one attached hydrogen (secondary N) is 1. The molecule has 1 unspecified atom stereocenters. The zero-order chi connectivity index (χ0) is 17.6. The lowest BCUT2D eigenvalue weighted by Crippen LogP contribution is -2.40. The summed E-state index contributed by atoms with van der Waals surface area (Å²) in [6.07, 6.45) is 3.99. The third kappa shape index (κ3) is 4.80. The molecule has 0 radical (unpaired) electrons. The molecule has 6 heteroatoms. The second-order valence-electron chi connectivity index (χ2n) is 6.53. The summed E-state index contributed by atoms with van der Waals surface area (Å²) in [5.41, 5.74) is 0.776. The molecule has 0 aliphatic carbocycles. The Bertz CT molecular complexity index is 658. The van der Waals surface area contributed by atoms with Gasteiger partial charge in [0.1, 0.15) is 0 Å². The average molecular weight is 353 g/mol. The highest BCUT2D eigenvalue weighted by Crippen LogP contribution is 2.27. The van der Waals surface area contributed by atoms with Crippen molar-refractivity contribution in [1.29, 1.82) is 0 Å². The van der Waals surface area contributed by atoms with Crippen LogP contribution in [0.15, 0.2) is 29.2 Å². The molecule has 0 aromatic heterocycles. The van der Waals surface area contributed by atoms with E-state index in [1.165, 1.54) is 0 Å². The third-order valence-electron chi connectivity index (χ3n) is 4.54. The predicted molar refractivity (Wildman–Crippen MR) is 95.2 cm³/mol. The summed E-state index contributed by atoms with van der Waals surface area (Å²) in [6.45, 7) is 5.63. The molecule has 1 aliphatic heterocycles. The van der Waals surface area contributed by atoms with Gasteiger partial charge in [0.25, 0.3) is 0 Å². The van der Waals surface area contributed by atoms with Crippen LogP contribution in [0, 0.1) is 12.8 Å². The number of carbonyl (C=O) groups is 1. The van der Waals surface area contributed by atoms with Crippen LogP contribution in [0.5, 0.6) is 0 Å². The maximum Gasteiger partial charge on any atom is 0.243 e. The van der Waals surface area contributed by atoms with Gasteiger partial charge in [-0.2, -0.15) is 4.31 Å². The van der Waals surface area contributed by atoms with E-state index in [2.05, 4.69) is 5.32 Å². The van der Waals surface area contributed by atoms with E-state index >= 15 is 0 Å². The number of hydrogen-bond acceptors (Lipinski definition) is 3. The maximum atomic E-state index is 12.9. The number of benzene rings is 1. The summed E-state index contributed by atoms with van der Waals surface area (Å²) in [5.74, 6) is 0.320. The highest BCUT2D eigenvalue weighted by molar-refractivity contribution is 7.89. The van der Waals surface area contributed by atoms with Crippen LogP contribution in [-0.2, 0) is 14.8 Å². The molecule has 1 heterocycles. The molecule has 1 aliphatic rings. The van der Waals surface area contributed by atoms with Crippen LogP contribution in [0.3, 0.4) is 0 Å². The van der Waals surface area contributed by atoms with E-state index < -0.39 is 10.0 Å². The van der Waals surface area contributed by atoms with Gasteiger partial charge >= 0.3 is 0 Å². The number of sulfonamides is 1. The largest absolute Gasteiger partial charge is 0.356 e. The Morgan fingerprint density at radius 1 is 1.33 bits per heavy atom. The van der Waals surface area contributed by atoms with E-state index in [1.807, 2.05) is 26.0 Å². The summed E-state index contributed by atoms with van der Waals surface area (Å²) >= 11 is 0. The highest BCUT2D eigenvalue weighted by atomic mass is 32.2. The third-order valence-corrected chi connectivity index (χ3v) is 6.57. The Hall–Kier alpha value is -1.40. The van der Waals surface area contributed by atoms with Crippen molar-refractivity contribution in [2.75, 3.05) is 19.6 Å². The van der Waals surface area contributed by atoms with Gasteiger partial charge < -0.3 is 5.32 Å². The Kier molecular flexibility index (Phi) is 6.80. The number of nitrogens with zero attached hydrogens (tertiary/aromatic N) is 1. The summed E-state index contributed by atoms with van der Waals surface area (Å²) in [4.78, 5) is 12.1. The molecule has 1 aromatic carbocycles. The van der Waals surface area contributed by atoms with Crippen molar-refractivity contribution in [2.45, 2.75) is 50.8 Å². The molecule has 0 spiro atoms. The van der Waals surface area contributed by atoms with Gasteiger partial charge in [-0.15, -0.1) is 0 Å². The molecule has 1 saturated heterocycles. The SMILES string of the molecule is CCCNC(=O)CCC1CCCN(S(=O)(=O)c2ccccc2C)C1. The molecule has 5 nitrogen and oxygen atoms in total. The highest BCUT2D eigenvalue weighted by Gasteiger charge is 2.31. The van der Waals surface area contributed by atoms with Gasteiger partial charge in [0, 0.05) is 26.1 Å². The Balaban J connectivity index is 1.97. The van der Waals surface area contributed by atoms with Crippen LogP contribution in [-0.4, -0.2) is 38.3 Å². The van der Waals surface area contributed by atoms with Crippen molar-refractivity contribution in [2.24, 2.45) is 5.92 Å². The van der Waals surface area contributed by atoms with Gasteiger partial charge in [0.05, 0.1) is 4.90 Å². The second kappa shape index (κ2) is 8.62. The first-order valence-corrected chi connectivity index (χ1v) is 10.2. The van der Waals surface area contributed by atoms with Crippen LogP contribution < -0.4 is 5.32 Å². The fraction of sp³-hybridized carbons (Fsp3) is 0.611. The molecule has 134 valence electrons. The lowest BCUT2D eigenvalue weighted by molar-refractivity contribution is -0.121. The standard InChI is InChI=1S/C18H28N2O3S/c1-3-12-19-18(21)11-10-16-8-6-13-20(14-16)24(22,23)17-9-5-4-7-15(17)2/h4-5,7,9,16H,3,6,8,10-14H2,1-2H3,(H,19,21). The van der Waals surface area contributed by atoms with Gasteiger partial charge in [0.15, 0.2) is 0 Å². The zero-order valence-electron chi connectivity index (χ0n) is 14.6. The minimum Gasteiger partial charge on any atom is -0.356 e. The lowest BCUT2D eigenvalue weighted by Gasteiger charge is -2.32. The van der Waals surface area contributed by atoms with Crippen molar-refractivity contribution in [3.05, 3.63) is 29.8 Å². The molecule has 2 rings (SSSR count). The van der Waals surface area contributed by atoms with Gasteiger partial charge in [-0.3, -0.25) is 4.79 Å². The van der Waals surface area contributed by atoms with E-state index in [1.54, 1.807) is 16.4 Å². The maximum absolute atomic E-state index is 12.9. The van der Waals surface area contributed by atoms with Crippen LogP contribution in [0.4, 0.5) is 0 Å². The van der Waals surface area contributed by atoms with E-state index in [-0.39, 0.29) is 11.8 Å². The Morgan fingerprint density at radius 3 is 2.79 bits per heavy atom. The van der Waals surface area contributed by atoms with Crippen molar-refractivity contribution in [3.63, 3.8) is 0 Å². The molecule has 1 atom stereocenters. The van der Waals surface area contributed by atoms with Gasteiger partial charge in [0.2, 0.25) is 15.9 Å². The predicted octanol–water partition coefficient (Wildman–Crippen LogP) is 2.70. The topological polar surface area (TPSA) is 66.5 Å². The van der Waals surface area contributed by atoms with Crippen LogP contribution >= 0.6 is 0 Å². The van der Waals surface area contributed by atoms with Gasteiger partial charge in [-0.25, -0.2) is 8.42 Å². The van der Waals surface area contributed by atoms with Gasteiger partial charge in [-0.1, -0.05) is 25.1 Å². The van der Waals surface area contributed by atoms with Crippen LogP contribution in [0.2, 0.25) is 0 Å². The Morgan fingerprint density at radius 2 is 2.08 bits per heavy atom. The molecular formula is C18H28N2O3S. The molecule has 1 amide bonds. The normalized spacial score (nSPS) is 19.2. The van der Waals surface area contributed by atoms with Crippen LogP contribution in [0.25, 0.3) is 0 Å². The second-order valence-corrected chi connectivity index (χ2v) is 8.43. The van der Waals surface area contributed by atoms with Crippen molar-refractivity contribution >= 4 is 15.9 Å². The summed E-state index contributed by atoms with van der Waals surface area (Å²) < 4.78 is 27.4. The smallest absolute Gasteiger partial charge is 0.243 e. The lowest BCUT2D eigenvalue weighted by atomic mass is 9.94. The first-order chi connectivity index (χ1) is 11.4. The number of hydrogen-bond donors (Lipinski definition) is 1. The zero-order valence-corrected chi connectivity index (χ0v) is 15.4. The number of amides is 1. The quantitative estimate of drug-likeness (QED) is 0.820. The summed E-state index contributed by atoms with van der Waals surface area (Å²) in [7, 11) is -3.45. The molecule has 0 saturated carbocycles. The van der Waals surface area contributed by atoms with Gasteiger partial charge in [-0.05, 0) is 50.2 Å². The Labute approximate surface area is 145 Å². The fourth-order valence-electron chi connectivity index (χ4n) is 3.15. The molecule has 24 heavy (non-hydrogen) atoms.